The van der Waals surface area contributed by atoms with Gasteiger partial charge in [0.2, 0.25) is 0 Å². The topological polar surface area (TPSA) is 71.5 Å². The van der Waals surface area contributed by atoms with E-state index >= 15 is 0 Å². The Morgan fingerprint density at radius 3 is 2.70 bits per heavy atom. The molecule has 5 rings (SSSR count). The van der Waals surface area contributed by atoms with Gasteiger partial charge in [-0.3, -0.25) is 0 Å². The minimum absolute atomic E-state index is 0.390. The van der Waals surface area contributed by atoms with E-state index in [2.05, 4.69) is 15.3 Å². The fourth-order valence-electron chi connectivity index (χ4n) is 5.35. The number of anilines is 2. The van der Waals surface area contributed by atoms with Gasteiger partial charge in [0.25, 0.3) is 0 Å². The Morgan fingerprint density at radius 1 is 1.07 bits per heavy atom. The van der Waals surface area contributed by atoms with Crippen LogP contribution in [0.25, 0.3) is 5.65 Å². The molecule has 2 aliphatic carbocycles. The molecule has 3 aliphatic rings. The van der Waals surface area contributed by atoms with Crippen molar-refractivity contribution in [3.63, 3.8) is 0 Å². The summed E-state index contributed by atoms with van der Waals surface area (Å²) < 4.78 is 2.02. The summed E-state index contributed by atoms with van der Waals surface area (Å²) in [5, 5.41) is 8.35. The van der Waals surface area contributed by atoms with E-state index in [1.165, 1.54) is 62.1 Å². The van der Waals surface area contributed by atoms with E-state index in [1.807, 2.05) is 16.8 Å². The van der Waals surface area contributed by atoms with Gasteiger partial charge in [0.15, 0.2) is 5.65 Å². The molecule has 27 heavy (non-hydrogen) atoms. The summed E-state index contributed by atoms with van der Waals surface area (Å²) in [6.45, 7) is 2.14. The molecule has 0 unspecified atom stereocenters. The second kappa shape index (κ2) is 7.30. The minimum atomic E-state index is 0.390. The second-order valence-electron chi connectivity index (χ2n) is 8.76. The van der Waals surface area contributed by atoms with Crippen molar-refractivity contribution in [1.29, 1.82) is 0 Å². The lowest BCUT2D eigenvalue weighted by Gasteiger charge is -2.34. The monoisotopic (exact) mass is 368 g/mol. The van der Waals surface area contributed by atoms with Gasteiger partial charge in [-0.15, -0.1) is 0 Å². The summed E-state index contributed by atoms with van der Waals surface area (Å²) >= 11 is 0. The van der Waals surface area contributed by atoms with E-state index in [-0.39, 0.29) is 0 Å². The number of hydrogen-bond donors (Lipinski definition) is 2. The van der Waals surface area contributed by atoms with Crippen LogP contribution in [0.3, 0.4) is 0 Å². The van der Waals surface area contributed by atoms with Crippen LogP contribution in [0.5, 0.6) is 0 Å². The highest BCUT2D eigenvalue weighted by Crippen LogP contribution is 2.37. The van der Waals surface area contributed by atoms with E-state index < -0.39 is 0 Å². The van der Waals surface area contributed by atoms with Crippen LogP contribution in [0, 0.1) is 5.92 Å². The summed E-state index contributed by atoms with van der Waals surface area (Å²) in [5.41, 5.74) is 8.45. The second-order valence-corrected chi connectivity index (χ2v) is 8.76. The molecule has 0 atom stereocenters. The Hall–Kier alpha value is -1.82. The fraction of sp³-hybridized carbons (Fsp3) is 0.714. The van der Waals surface area contributed by atoms with Crippen LogP contribution in [0.15, 0.2) is 12.3 Å². The SMILES string of the molecule is NC1CCC(N2CCc3c2nc2ccnn2c3NCC2CCCCC2)CC1. The van der Waals surface area contributed by atoms with Gasteiger partial charge in [-0.25, -0.2) is 4.98 Å². The summed E-state index contributed by atoms with van der Waals surface area (Å²) in [6, 6.07) is 3.01. The standard InChI is InChI=1S/C21H32N6/c22-16-6-8-17(9-7-16)26-13-11-18-20(23-14-15-4-2-1-3-5-15)27-19(10-12-24-27)25-21(18)26/h10,12,15-17,23H,1-9,11,13-14,22H2. The van der Waals surface area contributed by atoms with Crippen LogP contribution < -0.4 is 16.0 Å². The third kappa shape index (κ3) is 3.28. The smallest absolute Gasteiger partial charge is 0.159 e. The molecule has 6 heteroatoms. The Labute approximate surface area is 161 Å². The summed E-state index contributed by atoms with van der Waals surface area (Å²) in [7, 11) is 0. The van der Waals surface area contributed by atoms with Gasteiger partial charge in [0.1, 0.15) is 11.6 Å². The van der Waals surface area contributed by atoms with Gasteiger partial charge in [-0.1, -0.05) is 19.3 Å². The molecule has 3 heterocycles. The van der Waals surface area contributed by atoms with E-state index in [9.17, 15) is 0 Å². The van der Waals surface area contributed by atoms with Gasteiger partial charge < -0.3 is 16.0 Å². The quantitative estimate of drug-likeness (QED) is 0.866. The molecular formula is C21H32N6. The zero-order chi connectivity index (χ0) is 18.2. The highest BCUT2D eigenvalue weighted by Gasteiger charge is 2.33. The average molecular weight is 369 g/mol. The van der Waals surface area contributed by atoms with E-state index in [4.69, 9.17) is 10.7 Å². The van der Waals surface area contributed by atoms with Crippen molar-refractivity contribution in [2.24, 2.45) is 11.7 Å². The summed E-state index contributed by atoms with van der Waals surface area (Å²) in [5.74, 6) is 3.17. The van der Waals surface area contributed by atoms with Gasteiger partial charge in [0.05, 0.1) is 6.20 Å². The van der Waals surface area contributed by atoms with Crippen LogP contribution in [0.2, 0.25) is 0 Å². The van der Waals surface area contributed by atoms with Crippen molar-refractivity contribution in [2.75, 3.05) is 23.3 Å². The van der Waals surface area contributed by atoms with Crippen molar-refractivity contribution >= 4 is 17.3 Å². The van der Waals surface area contributed by atoms with Crippen LogP contribution >= 0.6 is 0 Å². The van der Waals surface area contributed by atoms with Crippen molar-refractivity contribution < 1.29 is 0 Å². The van der Waals surface area contributed by atoms with Gasteiger partial charge in [-0.05, 0) is 50.9 Å². The molecule has 0 radical (unpaired) electrons. The molecule has 3 N–H and O–H groups in total. The van der Waals surface area contributed by atoms with Crippen molar-refractivity contribution in [3.8, 4) is 0 Å². The van der Waals surface area contributed by atoms with Crippen LogP contribution in [-0.2, 0) is 6.42 Å². The van der Waals surface area contributed by atoms with Crippen LogP contribution in [0.4, 0.5) is 11.6 Å². The number of rotatable bonds is 4. The normalized spacial score (nSPS) is 26.5. The molecule has 2 aromatic heterocycles. The molecule has 146 valence electrons. The minimum Gasteiger partial charge on any atom is -0.369 e. The zero-order valence-electron chi connectivity index (χ0n) is 16.2. The number of hydrogen-bond acceptors (Lipinski definition) is 5. The van der Waals surface area contributed by atoms with Crippen molar-refractivity contribution in [1.82, 2.24) is 14.6 Å². The molecule has 0 aromatic carbocycles. The summed E-state index contributed by atoms with van der Waals surface area (Å²) in [4.78, 5) is 7.56. The first kappa shape index (κ1) is 17.3. The zero-order valence-corrected chi connectivity index (χ0v) is 16.2. The fourth-order valence-corrected chi connectivity index (χ4v) is 5.35. The third-order valence-corrected chi connectivity index (χ3v) is 6.95. The Bertz CT molecular complexity index is 785. The number of fused-ring (bicyclic) bond motifs is 2. The summed E-state index contributed by atoms with van der Waals surface area (Å²) in [6.07, 6.45) is 14.5. The number of nitrogens with zero attached hydrogens (tertiary/aromatic N) is 4. The number of nitrogens with one attached hydrogen (secondary N) is 1. The predicted octanol–water partition coefficient (Wildman–Crippen LogP) is 3.35. The molecule has 0 bridgehead atoms. The molecule has 0 amide bonds. The third-order valence-electron chi connectivity index (χ3n) is 6.95. The van der Waals surface area contributed by atoms with Crippen LogP contribution in [0.1, 0.15) is 63.4 Å². The van der Waals surface area contributed by atoms with Crippen LogP contribution in [-0.4, -0.2) is 39.8 Å². The lowest BCUT2D eigenvalue weighted by atomic mass is 9.89. The maximum absolute atomic E-state index is 6.13. The average Bonchev–Trinajstić information content (AvgIpc) is 3.34. The molecule has 2 aromatic rings. The molecule has 0 saturated heterocycles. The van der Waals surface area contributed by atoms with Gasteiger partial charge in [0, 0.05) is 36.8 Å². The lowest BCUT2D eigenvalue weighted by Crippen LogP contribution is -2.40. The van der Waals surface area contributed by atoms with Crippen molar-refractivity contribution in [3.05, 3.63) is 17.8 Å². The van der Waals surface area contributed by atoms with Gasteiger partial charge in [-0.2, -0.15) is 9.61 Å². The van der Waals surface area contributed by atoms with E-state index in [0.717, 1.165) is 43.9 Å². The molecule has 2 saturated carbocycles. The molecule has 2 fully saturated rings. The Balaban J connectivity index is 1.42. The number of aromatic nitrogens is 3. The highest BCUT2D eigenvalue weighted by molar-refractivity contribution is 5.68. The molecule has 1 aliphatic heterocycles. The maximum atomic E-state index is 6.13. The first-order valence-electron chi connectivity index (χ1n) is 10.9. The highest BCUT2D eigenvalue weighted by atomic mass is 15.3. The maximum Gasteiger partial charge on any atom is 0.159 e. The number of nitrogens with two attached hydrogens (primary N) is 1. The molecule has 0 spiro atoms. The first-order valence-corrected chi connectivity index (χ1v) is 10.9. The van der Waals surface area contributed by atoms with E-state index in [1.54, 1.807) is 0 Å². The Morgan fingerprint density at radius 2 is 1.89 bits per heavy atom. The lowest BCUT2D eigenvalue weighted by molar-refractivity contribution is 0.373. The van der Waals surface area contributed by atoms with Gasteiger partial charge >= 0.3 is 0 Å². The van der Waals surface area contributed by atoms with Crippen molar-refractivity contribution in [2.45, 2.75) is 76.3 Å². The Kier molecular flexibility index (Phi) is 4.68. The molecular weight excluding hydrogens is 336 g/mol. The molecule has 6 nitrogen and oxygen atoms in total. The first-order chi connectivity index (χ1) is 13.3. The predicted molar refractivity (Wildman–Crippen MR) is 109 cm³/mol. The largest absolute Gasteiger partial charge is 0.369 e. The van der Waals surface area contributed by atoms with E-state index in [0.29, 0.717) is 12.1 Å².